The van der Waals surface area contributed by atoms with Crippen LogP contribution in [0.1, 0.15) is 39.0 Å². The third-order valence-corrected chi connectivity index (χ3v) is 1.79. The summed E-state index contributed by atoms with van der Waals surface area (Å²) in [5, 5.41) is 0. The highest BCUT2D eigenvalue weighted by Gasteiger charge is 1.92. The van der Waals surface area contributed by atoms with Crippen LogP contribution in [0.15, 0.2) is 12.2 Å². The molecule has 0 aromatic heterocycles. The minimum absolute atomic E-state index is 0.209. The zero-order valence-electron chi connectivity index (χ0n) is 8.70. The number of unbranched alkanes of at least 4 members (excludes halogenated alkanes) is 4. The molecule has 0 spiro atoms. The molecule has 0 aromatic rings. The van der Waals surface area contributed by atoms with Gasteiger partial charge in [0, 0.05) is 6.92 Å². The molecule has 0 N–H and O–H groups in total. The van der Waals surface area contributed by atoms with E-state index in [9.17, 15) is 9.59 Å². The van der Waals surface area contributed by atoms with E-state index in [-0.39, 0.29) is 5.97 Å². The van der Waals surface area contributed by atoms with Crippen LogP contribution < -0.4 is 0 Å². The highest BCUT2D eigenvalue weighted by Crippen LogP contribution is 2.03. The maximum Gasteiger partial charge on any atom is 0.302 e. The molecule has 0 radical (unpaired) electrons. The number of aldehydes is 1. The summed E-state index contributed by atoms with van der Waals surface area (Å²) in [6, 6.07) is 0. The van der Waals surface area contributed by atoms with Gasteiger partial charge in [0.05, 0.1) is 6.61 Å². The molecule has 80 valence electrons. The van der Waals surface area contributed by atoms with E-state index in [4.69, 9.17) is 4.74 Å². The van der Waals surface area contributed by atoms with Gasteiger partial charge >= 0.3 is 5.97 Å². The fraction of sp³-hybridized carbons (Fsp3) is 0.636. The Hall–Kier alpha value is -1.12. The lowest BCUT2D eigenvalue weighted by Gasteiger charge is -2.00. The zero-order chi connectivity index (χ0) is 10.6. The molecule has 0 bridgehead atoms. The summed E-state index contributed by atoms with van der Waals surface area (Å²) in [4.78, 5) is 20.3. The van der Waals surface area contributed by atoms with Gasteiger partial charge in [-0.25, -0.2) is 0 Å². The van der Waals surface area contributed by atoms with Gasteiger partial charge in [0.2, 0.25) is 0 Å². The van der Waals surface area contributed by atoms with Crippen molar-refractivity contribution in [1.29, 1.82) is 0 Å². The molecule has 0 aromatic carbocycles. The fourth-order valence-electron chi connectivity index (χ4n) is 1.09. The van der Waals surface area contributed by atoms with Crippen LogP contribution in [0.25, 0.3) is 0 Å². The first-order valence-corrected chi connectivity index (χ1v) is 5.01. The fourth-order valence-corrected chi connectivity index (χ4v) is 1.09. The summed E-state index contributed by atoms with van der Waals surface area (Å²) in [5.74, 6) is -0.209. The highest BCUT2D eigenvalue weighted by molar-refractivity contribution is 5.65. The van der Waals surface area contributed by atoms with Crippen molar-refractivity contribution in [3.05, 3.63) is 12.2 Å². The number of carbonyl (C=O) groups is 2. The first-order chi connectivity index (χ1) is 6.77. The SMILES string of the molecule is CC(=O)OCCCCCCC=CC=O. The molecule has 0 saturated carbocycles. The molecule has 0 rings (SSSR count). The van der Waals surface area contributed by atoms with Crippen molar-refractivity contribution in [2.75, 3.05) is 6.61 Å². The Labute approximate surface area is 85.1 Å². The normalized spacial score (nSPS) is 10.4. The molecule has 0 aliphatic rings. The molecule has 0 aliphatic heterocycles. The standard InChI is InChI=1S/C11H18O3/c1-11(13)14-10-8-6-4-2-3-5-7-9-12/h5,7,9H,2-4,6,8,10H2,1H3. The second-order valence-corrected chi connectivity index (χ2v) is 3.11. The van der Waals surface area contributed by atoms with Gasteiger partial charge in [-0.05, 0) is 25.3 Å². The number of ether oxygens (including phenoxy) is 1. The Balaban J connectivity index is 3.02. The van der Waals surface area contributed by atoms with Crippen LogP contribution in [0, 0.1) is 0 Å². The largest absolute Gasteiger partial charge is 0.466 e. The molecule has 0 amide bonds. The Bertz CT molecular complexity index is 185. The van der Waals surface area contributed by atoms with Gasteiger partial charge in [-0.2, -0.15) is 0 Å². The van der Waals surface area contributed by atoms with Crippen molar-refractivity contribution in [2.45, 2.75) is 39.0 Å². The van der Waals surface area contributed by atoms with Crippen LogP contribution in [0.2, 0.25) is 0 Å². The molecule has 14 heavy (non-hydrogen) atoms. The third-order valence-electron chi connectivity index (χ3n) is 1.79. The quantitative estimate of drug-likeness (QED) is 0.260. The topological polar surface area (TPSA) is 43.4 Å². The van der Waals surface area contributed by atoms with Crippen molar-refractivity contribution >= 4 is 12.3 Å². The lowest BCUT2D eigenvalue weighted by Crippen LogP contribution is -1.99. The lowest BCUT2D eigenvalue weighted by atomic mass is 10.1. The average molecular weight is 198 g/mol. The summed E-state index contributed by atoms with van der Waals surface area (Å²) < 4.78 is 4.79. The Morgan fingerprint density at radius 3 is 2.57 bits per heavy atom. The second kappa shape index (κ2) is 9.96. The van der Waals surface area contributed by atoms with E-state index in [1.165, 1.54) is 13.0 Å². The molecule has 0 fully saturated rings. The number of esters is 1. The van der Waals surface area contributed by atoms with Gasteiger partial charge in [0.1, 0.15) is 6.29 Å². The first kappa shape index (κ1) is 12.9. The number of hydrogen-bond acceptors (Lipinski definition) is 3. The van der Waals surface area contributed by atoms with E-state index in [2.05, 4.69) is 0 Å². The highest BCUT2D eigenvalue weighted by atomic mass is 16.5. The summed E-state index contributed by atoms with van der Waals surface area (Å²) in [5.41, 5.74) is 0. The van der Waals surface area contributed by atoms with Crippen LogP contribution in [-0.4, -0.2) is 18.9 Å². The lowest BCUT2D eigenvalue weighted by molar-refractivity contribution is -0.141. The van der Waals surface area contributed by atoms with Gasteiger partial charge in [-0.15, -0.1) is 0 Å². The Kier molecular flexibility index (Phi) is 9.17. The van der Waals surface area contributed by atoms with Gasteiger partial charge in [0.15, 0.2) is 0 Å². The van der Waals surface area contributed by atoms with Crippen LogP contribution >= 0.6 is 0 Å². The Morgan fingerprint density at radius 1 is 1.21 bits per heavy atom. The van der Waals surface area contributed by atoms with E-state index in [1.807, 2.05) is 6.08 Å². The third kappa shape index (κ3) is 10.9. The van der Waals surface area contributed by atoms with Crippen molar-refractivity contribution in [3.8, 4) is 0 Å². The molecule has 0 unspecified atom stereocenters. The molecule has 0 saturated heterocycles. The smallest absolute Gasteiger partial charge is 0.302 e. The van der Waals surface area contributed by atoms with E-state index in [0.29, 0.717) is 6.61 Å². The molecular weight excluding hydrogens is 180 g/mol. The predicted octanol–water partition coefficient (Wildman–Crippen LogP) is 2.26. The summed E-state index contributed by atoms with van der Waals surface area (Å²) in [6.07, 6.45) is 9.35. The van der Waals surface area contributed by atoms with E-state index in [0.717, 1.165) is 38.4 Å². The van der Waals surface area contributed by atoms with Crippen molar-refractivity contribution in [3.63, 3.8) is 0 Å². The van der Waals surface area contributed by atoms with Crippen LogP contribution in [-0.2, 0) is 14.3 Å². The van der Waals surface area contributed by atoms with Gasteiger partial charge in [-0.3, -0.25) is 9.59 Å². The monoisotopic (exact) mass is 198 g/mol. The Morgan fingerprint density at radius 2 is 1.93 bits per heavy atom. The zero-order valence-corrected chi connectivity index (χ0v) is 8.70. The van der Waals surface area contributed by atoms with E-state index < -0.39 is 0 Å². The van der Waals surface area contributed by atoms with E-state index in [1.54, 1.807) is 0 Å². The van der Waals surface area contributed by atoms with Crippen LogP contribution in [0.4, 0.5) is 0 Å². The van der Waals surface area contributed by atoms with Crippen molar-refractivity contribution in [1.82, 2.24) is 0 Å². The summed E-state index contributed by atoms with van der Waals surface area (Å²) in [7, 11) is 0. The predicted molar refractivity (Wildman–Crippen MR) is 54.9 cm³/mol. The van der Waals surface area contributed by atoms with Gasteiger partial charge in [-0.1, -0.05) is 18.9 Å². The molecule has 0 atom stereocenters. The maximum absolute atomic E-state index is 10.4. The minimum atomic E-state index is -0.209. The number of hydrogen-bond donors (Lipinski definition) is 0. The molecular formula is C11H18O3. The number of carbonyl (C=O) groups excluding carboxylic acids is 2. The second-order valence-electron chi connectivity index (χ2n) is 3.11. The van der Waals surface area contributed by atoms with Gasteiger partial charge < -0.3 is 4.74 Å². The minimum Gasteiger partial charge on any atom is -0.466 e. The molecule has 3 nitrogen and oxygen atoms in total. The molecule has 0 aliphatic carbocycles. The van der Waals surface area contributed by atoms with Crippen molar-refractivity contribution in [2.24, 2.45) is 0 Å². The summed E-state index contributed by atoms with van der Waals surface area (Å²) >= 11 is 0. The number of allylic oxidation sites excluding steroid dienone is 2. The van der Waals surface area contributed by atoms with E-state index >= 15 is 0 Å². The summed E-state index contributed by atoms with van der Waals surface area (Å²) in [6.45, 7) is 1.95. The number of rotatable bonds is 8. The maximum atomic E-state index is 10.4. The molecule has 3 heteroatoms. The molecule has 0 heterocycles. The van der Waals surface area contributed by atoms with Crippen LogP contribution in [0.5, 0.6) is 0 Å². The van der Waals surface area contributed by atoms with Crippen LogP contribution in [0.3, 0.4) is 0 Å². The van der Waals surface area contributed by atoms with Crippen molar-refractivity contribution < 1.29 is 14.3 Å². The first-order valence-electron chi connectivity index (χ1n) is 5.01. The average Bonchev–Trinajstić information content (AvgIpc) is 2.15. The van der Waals surface area contributed by atoms with Gasteiger partial charge in [0.25, 0.3) is 0 Å².